The second-order valence-corrected chi connectivity index (χ2v) is 6.60. The van der Waals surface area contributed by atoms with Crippen LogP contribution in [0.5, 0.6) is 5.75 Å². The highest BCUT2D eigenvalue weighted by atomic mass is 16.5. The number of carbonyl (C=O) groups excluding carboxylic acids is 1. The molecule has 6 nitrogen and oxygen atoms in total. The van der Waals surface area contributed by atoms with Gasteiger partial charge in [-0.1, -0.05) is 12.1 Å². The molecule has 0 radical (unpaired) electrons. The van der Waals surface area contributed by atoms with Crippen molar-refractivity contribution in [3.8, 4) is 5.75 Å². The standard InChI is InChI=1S/C19H26N2O4/c1-3-24-16-6-4-5-13-11-17(25-18(13)16)12(2)20-19(23)21-14-7-9-15(22)10-8-14/h4-6,11-12,14-15,22H,3,7-10H2,1-2H3,(H2,20,21,23). The molecule has 1 unspecified atom stereocenters. The number of fused-ring (bicyclic) bond motifs is 1. The van der Waals surface area contributed by atoms with Crippen LogP contribution in [0.2, 0.25) is 0 Å². The van der Waals surface area contributed by atoms with Crippen molar-refractivity contribution in [2.75, 3.05) is 6.61 Å². The third-order valence-electron chi connectivity index (χ3n) is 4.63. The molecule has 1 aromatic carbocycles. The lowest BCUT2D eigenvalue weighted by Crippen LogP contribution is -2.44. The van der Waals surface area contributed by atoms with Crippen LogP contribution < -0.4 is 15.4 Å². The smallest absolute Gasteiger partial charge is 0.315 e. The lowest BCUT2D eigenvalue weighted by Gasteiger charge is -2.26. The topological polar surface area (TPSA) is 83.7 Å². The molecule has 1 aliphatic carbocycles. The number of amides is 2. The van der Waals surface area contributed by atoms with Gasteiger partial charge in [0.05, 0.1) is 18.8 Å². The molecular weight excluding hydrogens is 320 g/mol. The number of para-hydroxylation sites is 1. The van der Waals surface area contributed by atoms with E-state index in [9.17, 15) is 9.90 Å². The van der Waals surface area contributed by atoms with Crippen molar-refractivity contribution >= 4 is 17.0 Å². The highest BCUT2D eigenvalue weighted by molar-refractivity contribution is 5.84. The minimum absolute atomic E-state index is 0.121. The maximum Gasteiger partial charge on any atom is 0.315 e. The van der Waals surface area contributed by atoms with Gasteiger partial charge in [-0.05, 0) is 51.7 Å². The van der Waals surface area contributed by atoms with Crippen LogP contribution in [-0.4, -0.2) is 29.9 Å². The first-order valence-electron chi connectivity index (χ1n) is 8.97. The summed E-state index contributed by atoms with van der Waals surface area (Å²) in [6.07, 6.45) is 2.88. The fourth-order valence-corrected chi connectivity index (χ4v) is 3.25. The summed E-state index contributed by atoms with van der Waals surface area (Å²) in [6.45, 7) is 4.39. The van der Waals surface area contributed by atoms with Crippen LogP contribution in [0.4, 0.5) is 4.79 Å². The SMILES string of the molecule is CCOc1cccc2cc(C(C)NC(=O)NC3CCC(O)CC3)oc12. The summed E-state index contributed by atoms with van der Waals surface area (Å²) in [4.78, 5) is 12.2. The largest absolute Gasteiger partial charge is 0.490 e. The lowest BCUT2D eigenvalue weighted by molar-refractivity contribution is 0.117. The summed E-state index contributed by atoms with van der Waals surface area (Å²) in [5, 5.41) is 16.4. The van der Waals surface area contributed by atoms with E-state index >= 15 is 0 Å². The van der Waals surface area contributed by atoms with E-state index in [1.165, 1.54) is 0 Å². The third kappa shape index (κ3) is 4.25. The van der Waals surface area contributed by atoms with E-state index in [4.69, 9.17) is 9.15 Å². The highest BCUT2D eigenvalue weighted by Crippen LogP contribution is 2.31. The number of hydrogen-bond acceptors (Lipinski definition) is 4. The monoisotopic (exact) mass is 346 g/mol. The van der Waals surface area contributed by atoms with Crippen molar-refractivity contribution in [2.24, 2.45) is 0 Å². The number of ether oxygens (including phenoxy) is 1. The lowest BCUT2D eigenvalue weighted by atomic mass is 9.93. The fourth-order valence-electron chi connectivity index (χ4n) is 3.25. The number of benzene rings is 1. The molecule has 1 aromatic heterocycles. The molecule has 3 rings (SSSR count). The Bertz CT molecular complexity index is 719. The number of urea groups is 1. The fraction of sp³-hybridized carbons (Fsp3) is 0.526. The maximum atomic E-state index is 12.2. The molecule has 0 bridgehead atoms. The van der Waals surface area contributed by atoms with Gasteiger partial charge in [-0.25, -0.2) is 4.79 Å². The zero-order valence-electron chi connectivity index (χ0n) is 14.7. The van der Waals surface area contributed by atoms with Gasteiger partial charge in [-0.2, -0.15) is 0 Å². The second-order valence-electron chi connectivity index (χ2n) is 6.60. The third-order valence-corrected chi connectivity index (χ3v) is 4.63. The molecule has 1 saturated carbocycles. The summed E-state index contributed by atoms with van der Waals surface area (Å²) in [6, 6.07) is 7.35. The molecule has 25 heavy (non-hydrogen) atoms. The van der Waals surface area contributed by atoms with Crippen LogP contribution in [0.25, 0.3) is 11.0 Å². The Morgan fingerprint density at radius 2 is 2.12 bits per heavy atom. The van der Waals surface area contributed by atoms with E-state index in [1.807, 2.05) is 38.1 Å². The molecule has 0 saturated heterocycles. The molecule has 0 aliphatic heterocycles. The number of furan rings is 1. The average Bonchev–Trinajstić information content (AvgIpc) is 3.02. The van der Waals surface area contributed by atoms with E-state index in [1.54, 1.807) is 0 Å². The molecule has 0 spiro atoms. The molecule has 1 aliphatic rings. The van der Waals surface area contributed by atoms with E-state index < -0.39 is 0 Å². The van der Waals surface area contributed by atoms with Crippen molar-refractivity contribution in [1.82, 2.24) is 10.6 Å². The molecule has 1 atom stereocenters. The Morgan fingerprint density at radius 1 is 1.36 bits per heavy atom. The van der Waals surface area contributed by atoms with Gasteiger partial charge < -0.3 is 24.9 Å². The summed E-state index contributed by atoms with van der Waals surface area (Å²) >= 11 is 0. The van der Waals surface area contributed by atoms with Gasteiger partial charge >= 0.3 is 6.03 Å². The molecule has 3 N–H and O–H groups in total. The van der Waals surface area contributed by atoms with E-state index in [0.29, 0.717) is 23.7 Å². The first-order valence-corrected chi connectivity index (χ1v) is 8.97. The minimum atomic E-state index is -0.254. The summed E-state index contributed by atoms with van der Waals surface area (Å²) < 4.78 is 11.5. The molecule has 2 aromatic rings. The first-order chi connectivity index (χ1) is 12.1. The van der Waals surface area contributed by atoms with Crippen LogP contribution >= 0.6 is 0 Å². The molecule has 1 heterocycles. The molecular formula is C19H26N2O4. The van der Waals surface area contributed by atoms with Crippen LogP contribution in [-0.2, 0) is 0 Å². The van der Waals surface area contributed by atoms with Crippen LogP contribution in [0.3, 0.4) is 0 Å². The number of rotatable bonds is 5. The number of hydrogen-bond donors (Lipinski definition) is 3. The van der Waals surface area contributed by atoms with Crippen LogP contribution in [0.1, 0.15) is 51.3 Å². The van der Waals surface area contributed by atoms with Crippen LogP contribution in [0, 0.1) is 0 Å². The minimum Gasteiger partial charge on any atom is -0.490 e. The zero-order chi connectivity index (χ0) is 17.8. The molecule has 1 fully saturated rings. The van der Waals surface area contributed by atoms with E-state index in [2.05, 4.69) is 10.6 Å². The first kappa shape index (κ1) is 17.6. The maximum absolute atomic E-state index is 12.2. The highest BCUT2D eigenvalue weighted by Gasteiger charge is 2.22. The predicted molar refractivity (Wildman–Crippen MR) is 95.7 cm³/mol. The molecule has 2 amide bonds. The van der Waals surface area contributed by atoms with Gasteiger partial charge in [0.25, 0.3) is 0 Å². The van der Waals surface area contributed by atoms with Crippen molar-refractivity contribution in [2.45, 2.75) is 57.7 Å². The molecule has 136 valence electrons. The van der Waals surface area contributed by atoms with Gasteiger partial charge in [0.2, 0.25) is 0 Å². The Kier molecular flexibility index (Phi) is 5.48. The van der Waals surface area contributed by atoms with Crippen molar-refractivity contribution in [1.29, 1.82) is 0 Å². The van der Waals surface area contributed by atoms with Crippen molar-refractivity contribution in [3.05, 3.63) is 30.0 Å². The number of aliphatic hydroxyl groups excluding tert-OH is 1. The van der Waals surface area contributed by atoms with Crippen molar-refractivity contribution in [3.63, 3.8) is 0 Å². The summed E-state index contributed by atoms with van der Waals surface area (Å²) in [5.74, 6) is 1.40. The molecule has 6 heteroatoms. The quantitative estimate of drug-likeness (QED) is 0.774. The van der Waals surface area contributed by atoms with E-state index in [-0.39, 0.29) is 24.2 Å². The number of carbonyl (C=O) groups is 1. The van der Waals surface area contributed by atoms with E-state index in [0.717, 1.165) is 31.1 Å². The van der Waals surface area contributed by atoms with Gasteiger partial charge in [0.1, 0.15) is 5.76 Å². The average molecular weight is 346 g/mol. The number of nitrogens with one attached hydrogen (secondary N) is 2. The zero-order valence-corrected chi connectivity index (χ0v) is 14.7. The Hall–Kier alpha value is -2.21. The summed E-state index contributed by atoms with van der Waals surface area (Å²) in [5.41, 5.74) is 0.703. The Balaban J connectivity index is 1.62. The van der Waals surface area contributed by atoms with Gasteiger partial charge in [-0.15, -0.1) is 0 Å². The van der Waals surface area contributed by atoms with Crippen molar-refractivity contribution < 1.29 is 19.1 Å². The van der Waals surface area contributed by atoms with Gasteiger partial charge in [0.15, 0.2) is 11.3 Å². The van der Waals surface area contributed by atoms with Crippen LogP contribution in [0.15, 0.2) is 28.7 Å². The second kappa shape index (κ2) is 7.78. The Labute approximate surface area is 147 Å². The summed E-state index contributed by atoms with van der Waals surface area (Å²) in [7, 11) is 0. The van der Waals surface area contributed by atoms with Gasteiger partial charge in [0, 0.05) is 11.4 Å². The number of aliphatic hydroxyl groups is 1. The Morgan fingerprint density at radius 3 is 2.84 bits per heavy atom. The van der Waals surface area contributed by atoms with Gasteiger partial charge in [-0.3, -0.25) is 0 Å². The normalized spacial score (nSPS) is 21.7. The predicted octanol–water partition coefficient (Wildman–Crippen LogP) is 3.50.